The smallest absolute Gasteiger partial charge is 0.253 e. The van der Waals surface area contributed by atoms with Gasteiger partial charge in [-0.25, -0.2) is 4.98 Å². The first-order chi connectivity index (χ1) is 11.2. The van der Waals surface area contributed by atoms with Crippen LogP contribution in [0.5, 0.6) is 0 Å². The van der Waals surface area contributed by atoms with E-state index in [1.54, 1.807) is 0 Å². The van der Waals surface area contributed by atoms with Crippen LogP contribution in [-0.2, 0) is 12.8 Å². The van der Waals surface area contributed by atoms with Crippen molar-refractivity contribution in [2.24, 2.45) is 0 Å². The number of likely N-dealkylation sites (tertiary alicyclic amines) is 1. The number of fused-ring (bicyclic) bond motifs is 1. The third kappa shape index (κ3) is 2.78. The molecule has 2 aromatic rings. The molecule has 0 saturated carbocycles. The number of H-pyrrole nitrogens is 1. The van der Waals surface area contributed by atoms with Crippen molar-refractivity contribution in [3.63, 3.8) is 0 Å². The molecule has 1 aliphatic carbocycles. The summed E-state index contributed by atoms with van der Waals surface area (Å²) < 4.78 is 0. The lowest BCUT2D eigenvalue weighted by molar-refractivity contribution is 0.0790. The number of nitrogens with zero attached hydrogens (tertiary/aromatic N) is 2. The molecule has 1 fully saturated rings. The van der Waals surface area contributed by atoms with Crippen LogP contribution in [0.1, 0.15) is 58.2 Å². The van der Waals surface area contributed by atoms with Crippen LogP contribution in [0.3, 0.4) is 0 Å². The van der Waals surface area contributed by atoms with E-state index in [4.69, 9.17) is 0 Å². The van der Waals surface area contributed by atoms with Crippen molar-refractivity contribution < 1.29 is 4.79 Å². The first-order valence-corrected chi connectivity index (χ1v) is 8.63. The number of hydrogen-bond acceptors (Lipinski definition) is 2. The number of hydrogen-bond donors (Lipinski definition) is 1. The van der Waals surface area contributed by atoms with Gasteiger partial charge in [0.15, 0.2) is 0 Å². The van der Waals surface area contributed by atoms with E-state index in [2.05, 4.69) is 22.1 Å². The molecule has 0 unspecified atom stereocenters. The van der Waals surface area contributed by atoms with Crippen LogP contribution < -0.4 is 0 Å². The summed E-state index contributed by atoms with van der Waals surface area (Å²) in [5.41, 5.74) is 4.74. The molecule has 1 amide bonds. The largest absolute Gasteiger partial charge is 0.346 e. The average molecular weight is 309 g/mol. The Hall–Kier alpha value is -2.10. The van der Waals surface area contributed by atoms with Crippen molar-refractivity contribution in [1.29, 1.82) is 0 Å². The maximum atomic E-state index is 12.8. The molecule has 0 bridgehead atoms. The van der Waals surface area contributed by atoms with Gasteiger partial charge in [-0.3, -0.25) is 4.79 Å². The van der Waals surface area contributed by atoms with Crippen LogP contribution in [0.4, 0.5) is 0 Å². The molecule has 1 atom stereocenters. The first-order valence-electron chi connectivity index (χ1n) is 8.63. The summed E-state index contributed by atoms with van der Waals surface area (Å²) >= 11 is 0. The summed E-state index contributed by atoms with van der Waals surface area (Å²) in [4.78, 5) is 22.5. The molecule has 1 saturated heterocycles. The van der Waals surface area contributed by atoms with Crippen LogP contribution in [0.2, 0.25) is 0 Å². The Balaban J connectivity index is 1.49. The maximum Gasteiger partial charge on any atom is 0.253 e. The number of imidazole rings is 1. The molecule has 0 spiro atoms. The highest BCUT2D eigenvalue weighted by molar-refractivity contribution is 5.94. The number of aromatic amines is 1. The van der Waals surface area contributed by atoms with Gasteiger partial charge in [-0.2, -0.15) is 0 Å². The van der Waals surface area contributed by atoms with E-state index in [0.29, 0.717) is 5.92 Å². The molecule has 4 nitrogen and oxygen atoms in total. The van der Waals surface area contributed by atoms with E-state index >= 15 is 0 Å². The minimum Gasteiger partial charge on any atom is -0.346 e. The number of aryl methyl sites for hydroxylation is 3. The molecule has 1 aromatic heterocycles. The second-order valence-corrected chi connectivity index (χ2v) is 6.88. The number of carbonyl (C=O) groups is 1. The fraction of sp³-hybridized carbons (Fsp3) is 0.474. The predicted octanol–water partition coefficient (Wildman–Crippen LogP) is 3.23. The van der Waals surface area contributed by atoms with Crippen LogP contribution in [0.15, 0.2) is 24.4 Å². The molecule has 1 N–H and O–H groups in total. The van der Waals surface area contributed by atoms with Crippen molar-refractivity contribution in [2.75, 3.05) is 13.1 Å². The third-order valence-electron chi connectivity index (χ3n) is 5.18. The van der Waals surface area contributed by atoms with Crippen LogP contribution in [0.25, 0.3) is 0 Å². The SMILES string of the molecule is Cc1cnc([C@@H]2CCN(C(=O)c3ccc4c(c3)CCCC4)C2)[nH]1. The Morgan fingerprint density at radius 3 is 2.87 bits per heavy atom. The topological polar surface area (TPSA) is 49.0 Å². The summed E-state index contributed by atoms with van der Waals surface area (Å²) in [6.45, 7) is 3.60. The van der Waals surface area contributed by atoms with Crippen molar-refractivity contribution in [3.05, 3.63) is 52.6 Å². The number of aromatic nitrogens is 2. The number of amides is 1. The highest BCUT2D eigenvalue weighted by Crippen LogP contribution is 2.28. The first kappa shape index (κ1) is 14.5. The number of rotatable bonds is 2. The van der Waals surface area contributed by atoms with E-state index in [-0.39, 0.29) is 5.91 Å². The fourth-order valence-electron chi connectivity index (χ4n) is 3.86. The Morgan fingerprint density at radius 2 is 2.09 bits per heavy atom. The third-order valence-corrected chi connectivity index (χ3v) is 5.18. The van der Waals surface area contributed by atoms with Gasteiger partial charge >= 0.3 is 0 Å². The van der Waals surface area contributed by atoms with Gasteiger partial charge < -0.3 is 9.88 Å². The van der Waals surface area contributed by atoms with Crippen LogP contribution >= 0.6 is 0 Å². The molecule has 4 rings (SSSR count). The highest BCUT2D eigenvalue weighted by atomic mass is 16.2. The Bertz CT molecular complexity index is 734. The Morgan fingerprint density at radius 1 is 1.26 bits per heavy atom. The second kappa shape index (κ2) is 5.84. The highest BCUT2D eigenvalue weighted by Gasteiger charge is 2.29. The molecule has 2 aliphatic rings. The lowest BCUT2D eigenvalue weighted by Crippen LogP contribution is -2.28. The normalized spacial score (nSPS) is 20.6. The molecule has 120 valence electrons. The molecule has 1 aromatic carbocycles. The minimum absolute atomic E-state index is 0.171. The van der Waals surface area contributed by atoms with E-state index in [1.165, 1.54) is 24.0 Å². The summed E-state index contributed by atoms with van der Waals surface area (Å²) in [6.07, 6.45) is 7.65. The molecular formula is C19H23N3O. The van der Waals surface area contributed by atoms with Gasteiger partial charge in [0.25, 0.3) is 5.91 Å². The second-order valence-electron chi connectivity index (χ2n) is 6.88. The zero-order chi connectivity index (χ0) is 15.8. The zero-order valence-corrected chi connectivity index (χ0v) is 13.6. The van der Waals surface area contributed by atoms with Crippen molar-refractivity contribution in [3.8, 4) is 0 Å². The number of nitrogens with one attached hydrogen (secondary N) is 1. The van der Waals surface area contributed by atoms with E-state index < -0.39 is 0 Å². The van der Waals surface area contributed by atoms with E-state index in [1.807, 2.05) is 24.1 Å². The predicted molar refractivity (Wildman–Crippen MR) is 89.7 cm³/mol. The molecular weight excluding hydrogens is 286 g/mol. The van der Waals surface area contributed by atoms with Gasteiger partial charge in [-0.1, -0.05) is 6.07 Å². The number of benzene rings is 1. The minimum atomic E-state index is 0.171. The van der Waals surface area contributed by atoms with E-state index in [9.17, 15) is 4.79 Å². The molecule has 0 radical (unpaired) electrons. The zero-order valence-electron chi connectivity index (χ0n) is 13.6. The van der Waals surface area contributed by atoms with E-state index in [0.717, 1.165) is 49.4 Å². The molecule has 23 heavy (non-hydrogen) atoms. The van der Waals surface area contributed by atoms with Gasteiger partial charge in [-0.05, 0) is 62.3 Å². The lowest BCUT2D eigenvalue weighted by Gasteiger charge is -2.19. The number of carbonyl (C=O) groups excluding carboxylic acids is 1. The monoisotopic (exact) mass is 309 g/mol. The Labute approximate surface area is 136 Å². The van der Waals surface area contributed by atoms with Gasteiger partial charge in [0.2, 0.25) is 0 Å². The summed E-state index contributed by atoms with van der Waals surface area (Å²) in [5, 5.41) is 0. The Kier molecular flexibility index (Phi) is 3.68. The van der Waals surface area contributed by atoms with Crippen LogP contribution in [-0.4, -0.2) is 33.9 Å². The maximum absolute atomic E-state index is 12.8. The lowest BCUT2D eigenvalue weighted by atomic mass is 9.90. The van der Waals surface area contributed by atoms with Crippen LogP contribution in [0, 0.1) is 6.92 Å². The van der Waals surface area contributed by atoms with Crippen molar-refractivity contribution >= 4 is 5.91 Å². The molecule has 1 aliphatic heterocycles. The average Bonchev–Trinajstić information content (AvgIpc) is 3.22. The summed E-state index contributed by atoms with van der Waals surface area (Å²) in [6, 6.07) is 6.29. The quantitative estimate of drug-likeness (QED) is 0.926. The van der Waals surface area contributed by atoms with Crippen molar-refractivity contribution in [2.45, 2.75) is 44.9 Å². The molecule has 2 heterocycles. The standard InChI is InChI=1S/C19H23N3O/c1-13-11-20-18(21-13)17-8-9-22(12-17)19(23)16-7-6-14-4-2-3-5-15(14)10-16/h6-7,10-11,17H,2-5,8-9,12H2,1H3,(H,20,21)/t17-/m1/s1. The van der Waals surface area contributed by atoms with Gasteiger partial charge in [0.05, 0.1) is 0 Å². The fourth-order valence-corrected chi connectivity index (χ4v) is 3.86. The summed E-state index contributed by atoms with van der Waals surface area (Å²) in [7, 11) is 0. The van der Waals surface area contributed by atoms with Gasteiger partial charge in [0, 0.05) is 36.5 Å². The van der Waals surface area contributed by atoms with Gasteiger partial charge in [0.1, 0.15) is 5.82 Å². The van der Waals surface area contributed by atoms with Crippen molar-refractivity contribution in [1.82, 2.24) is 14.9 Å². The van der Waals surface area contributed by atoms with Gasteiger partial charge in [-0.15, -0.1) is 0 Å². The summed E-state index contributed by atoms with van der Waals surface area (Å²) in [5.74, 6) is 1.53. The molecule has 4 heteroatoms.